The first-order valence-electron chi connectivity index (χ1n) is 33.1. The molecule has 0 aromatic heterocycles. The maximum atomic E-state index is 14.6. The van der Waals surface area contributed by atoms with Crippen LogP contribution in [0.4, 0.5) is 0 Å². The lowest BCUT2D eigenvalue weighted by Gasteiger charge is -2.33. The van der Waals surface area contributed by atoms with E-state index in [1.54, 1.807) is 0 Å². The number of nitrogens with zero attached hydrogens (tertiary/aromatic N) is 4. The molecule has 4 rings (SSSR count). The molecule has 0 fully saturated rings. The van der Waals surface area contributed by atoms with Crippen LogP contribution in [0.2, 0.25) is 0 Å². The highest BCUT2D eigenvalue weighted by Gasteiger charge is 2.41. The molecule has 0 aliphatic rings. The Morgan fingerprint density at radius 1 is 0.303 bits per heavy atom. The van der Waals surface area contributed by atoms with E-state index in [2.05, 4.69) is 180 Å². The minimum atomic E-state index is -1.63. The van der Waals surface area contributed by atoms with Crippen molar-refractivity contribution in [2.45, 2.75) is 212 Å². The highest BCUT2D eigenvalue weighted by atomic mass is 16.6. The maximum absolute atomic E-state index is 14.6. The van der Waals surface area contributed by atoms with Gasteiger partial charge in [0, 0.05) is 24.9 Å². The van der Waals surface area contributed by atoms with Gasteiger partial charge in [0.2, 0.25) is 0 Å². The molecule has 8 unspecified atom stereocenters. The first kappa shape index (κ1) is 74.9. The van der Waals surface area contributed by atoms with E-state index in [-0.39, 0.29) is 47.3 Å². The Hall–Kier alpha value is -6.56. The average molecular weight is 1220 g/mol. The first-order valence-corrected chi connectivity index (χ1v) is 33.1. The molecule has 488 valence electrons. The number of carbonyl (C=O) groups is 4. The van der Waals surface area contributed by atoms with Crippen LogP contribution in [0.25, 0.3) is 0 Å². The molecule has 4 aromatic rings. The van der Waals surface area contributed by atoms with Gasteiger partial charge < -0.3 is 18.9 Å². The molecular formula is C77H112N4O8. The van der Waals surface area contributed by atoms with Crippen molar-refractivity contribution >= 4 is 48.7 Å². The van der Waals surface area contributed by atoms with Crippen molar-refractivity contribution in [2.24, 2.45) is 72.7 Å². The van der Waals surface area contributed by atoms with Gasteiger partial charge in [-0.15, -0.1) is 0 Å². The van der Waals surface area contributed by atoms with Crippen molar-refractivity contribution in [1.82, 2.24) is 0 Å². The third kappa shape index (κ3) is 25.7. The predicted octanol–water partition coefficient (Wildman–Crippen LogP) is 16.5. The lowest BCUT2D eigenvalue weighted by molar-refractivity contribution is -0.173. The summed E-state index contributed by atoms with van der Waals surface area (Å²) in [5.41, 5.74) is 8.07. The molecule has 89 heavy (non-hydrogen) atoms. The Labute approximate surface area is 537 Å². The molecule has 0 heterocycles. The van der Waals surface area contributed by atoms with E-state index >= 15 is 0 Å². The van der Waals surface area contributed by atoms with E-state index < -0.39 is 79.9 Å². The number of esters is 4. The average Bonchev–Trinajstić information content (AvgIpc) is 3.68. The molecule has 12 heteroatoms. The van der Waals surface area contributed by atoms with E-state index in [9.17, 15) is 19.2 Å². The van der Waals surface area contributed by atoms with Gasteiger partial charge in [-0.3, -0.25) is 20.0 Å². The topological polar surface area (TPSA) is 155 Å². The van der Waals surface area contributed by atoms with E-state index in [0.29, 0.717) is 23.7 Å². The fraction of sp³-hybridized carbons (Fsp3) is 0.584. The van der Waals surface area contributed by atoms with Crippen LogP contribution in [0, 0.1) is 52.8 Å². The minimum Gasteiger partial charge on any atom is -0.463 e. The van der Waals surface area contributed by atoms with Crippen LogP contribution < -0.4 is 0 Å². The summed E-state index contributed by atoms with van der Waals surface area (Å²) in [6.45, 7) is 39.0. The van der Waals surface area contributed by atoms with Crippen molar-refractivity contribution in [3.05, 3.63) is 142 Å². The number of hydrogen-bond donors (Lipinski definition) is 0. The Kier molecular flexibility index (Phi) is 31.1. The van der Waals surface area contributed by atoms with E-state index in [1.807, 2.05) is 80.2 Å². The summed E-state index contributed by atoms with van der Waals surface area (Å²) in [6.07, 6.45) is 10.1. The summed E-state index contributed by atoms with van der Waals surface area (Å²) in [7, 11) is 0. The predicted molar refractivity (Wildman–Crippen MR) is 368 cm³/mol. The fourth-order valence-electron chi connectivity index (χ4n) is 10.3. The van der Waals surface area contributed by atoms with Gasteiger partial charge in [-0.2, -0.15) is 0 Å². The lowest BCUT2D eigenvalue weighted by Crippen LogP contribution is -2.47. The van der Waals surface area contributed by atoms with Gasteiger partial charge in [0.25, 0.3) is 0 Å². The molecule has 0 aliphatic carbocycles. The number of aliphatic imine (C=N–C) groups is 4. The van der Waals surface area contributed by atoms with Gasteiger partial charge in [0.05, 0.1) is 0 Å². The molecule has 0 amide bonds. The Morgan fingerprint density at radius 2 is 0.472 bits per heavy atom. The van der Waals surface area contributed by atoms with Crippen molar-refractivity contribution in [1.29, 1.82) is 0 Å². The van der Waals surface area contributed by atoms with E-state index in [4.69, 9.17) is 38.9 Å². The molecule has 0 bridgehead atoms. The summed E-state index contributed by atoms with van der Waals surface area (Å²) in [5, 5.41) is 0. The molecule has 0 aliphatic heterocycles. The number of benzene rings is 4. The molecular weight excluding hydrogens is 1110 g/mol. The summed E-state index contributed by atoms with van der Waals surface area (Å²) >= 11 is 0. The zero-order valence-corrected chi connectivity index (χ0v) is 58.0. The first-order chi connectivity index (χ1) is 42.0. The van der Waals surface area contributed by atoms with Crippen LogP contribution in [0.1, 0.15) is 207 Å². The van der Waals surface area contributed by atoms with E-state index in [0.717, 1.165) is 47.9 Å². The molecule has 0 saturated heterocycles. The second-order valence-corrected chi connectivity index (χ2v) is 28.2. The number of rotatable bonds is 36. The highest BCUT2D eigenvalue weighted by molar-refractivity contribution is 5.81. The lowest BCUT2D eigenvalue weighted by atomic mass is 9.91. The molecule has 0 N–H and O–H groups in total. The standard InChI is InChI=1S/C77H112N4O8/c1-49(2)65-29-21-61(22-30-65)37-57(17)41-78-69(53(9)10)73(82)86-45-77(46-87-74(83)70(54(11)12)79-42-58(18)38-62-23-31-66(32-24-62)50(3)4,47-88-75(84)71(55(13)14)80-43-59(19)39-63-25-33-67(34-26-63)51(5)6)48-89-76(85)72(56(15)16)81-44-60(20)40-64-27-35-68(36-28-64)52(7)8/h21-36,41-44,49-60,69-72H,37-40,45-48H2,1-20H3. The van der Waals surface area contributed by atoms with Crippen molar-refractivity contribution in [3.63, 3.8) is 0 Å². The highest BCUT2D eigenvalue weighted by Crippen LogP contribution is 2.27. The van der Waals surface area contributed by atoms with Crippen molar-refractivity contribution < 1.29 is 38.1 Å². The van der Waals surface area contributed by atoms with Gasteiger partial charge in [0.15, 0.2) is 0 Å². The van der Waals surface area contributed by atoms with Crippen LogP contribution in [-0.4, -0.2) is 99.3 Å². The summed E-state index contributed by atoms with van der Waals surface area (Å²) in [6, 6.07) is 30.7. The zero-order chi connectivity index (χ0) is 66.1. The number of carbonyl (C=O) groups excluding carboxylic acids is 4. The van der Waals surface area contributed by atoms with Gasteiger partial charge in [-0.05, 0) is 141 Å². The van der Waals surface area contributed by atoms with Crippen molar-refractivity contribution in [3.8, 4) is 0 Å². The van der Waals surface area contributed by atoms with Crippen LogP contribution in [0.3, 0.4) is 0 Å². The Balaban J connectivity index is 1.74. The van der Waals surface area contributed by atoms with Gasteiger partial charge in [0.1, 0.15) is 56.0 Å². The second kappa shape index (κ2) is 36.9. The van der Waals surface area contributed by atoms with Crippen LogP contribution in [0.15, 0.2) is 117 Å². The summed E-state index contributed by atoms with van der Waals surface area (Å²) < 4.78 is 25.2. The summed E-state index contributed by atoms with van der Waals surface area (Å²) in [4.78, 5) is 77.6. The van der Waals surface area contributed by atoms with Crippen LogP contribution in [-0.2, 0) is 63.8 Å². The Bertz CT molecular complexity index is 2490. The fourth-order valence-corrected chi connectivity index (χ4v) is 10.3. The van der Waals surface area contributed by atoms with Crippen LogP contribution >= 0.6 is 0 Å². The number of hydrogen-bond acceptors (Lipinski definition) is 12. The van der Waals surface area contributed by atoms with Gasteiger partial charge in [-0.25, -0.2) is 19.2 Å². The van der Waals surface area contributed by atoms with E-state index in [1.165, 1.54) is 22.3 Å². The largest absolute Gasteiger partial charge is 0.463 e. The molecule has 0 radical (unpaired) electrons. The molecule has 12 nitrogen and oxygen atoms in total. The monoisotopic (exact) mass is 1220 g/mol. The molecule has 0 saturated carbocycles. The SMILES string of the molecule is CC(C=NC(C(=O)OCC(COC(=O)C(N=CC(C)Cc1ccc(C(C)C)cc1)C(C)C)(COC(=O)C(N=CC(C)Cc1ccc(C(C)C)cc1)C(C)C)COC(=O)C(N=CC(C)Cc1ccc(C(C)C)cc1)C(C)C)C(C)C)Cc1ccc(C(C)C)cc1. The zero-order valence-electron chi connectivity index (χ0n) is 58.0. The molecule has 8 atom stereocenters. The normalized spacial score (nSPS) is 15.9. The summed E-state index contributed by atoms with van der Waals surface area (Å²) in [5.74, 6) is -1.98. The van der Waals surface area contributed by atoms with Gasteiger partial charge in [-0.1, -0.05) is 236 Å². The van der Waals surface area contributed by atoms with Crippen LogP contribution in [0.5, 0.6) is 0 Å². The molecule has 4 aromatic carbocycles. The smallest absolute Gasteiger partial charge is 0.331 e. The number of ether oxygens (including phenoxy) is 4. The minimum absolute atomic E-state index is 0.00582. The third-order valence-electron chi connectivity index (χ3n) is 16.4. The molecule has 0 spiro atoms. The Morgan fingerprint density at radius 3 is 0.618 bits per heavy atom. The quantitative estimate of drug-likeness (QED) is 0.0248. The van der Waals surface area contributed by atoms with Gasteiger partial charge >= 0.3 is 23.9 Å². The second-order valence-electron chi connectivity index (χ2n) is 28.2. The maximum Gasteiger partial charge on any atom is 0.331 e. The third-order valence-corrected chi connectivity index (χ3v) is 16.4. The van der Waals surface area contributed by atoms with Crippen molar-refractivity contribution in [2.75, 3.05) is 26.4 Å².